The molecule has 0 N–H and O–H groups in total. The summed E-state index contributed by atoms with van der Waals surface area (Å²) in [7, 11) is 0. The molecule has 1 aromatic carbocycles. The Bertz CT molecular complexity index is 749. The number of unbranched alkanes of at least 4 members (excludes halogenated alkanes) is 1. The molecule has 0 saturated carbocycles. The number of ether oxygens (including phenoxy) is 2. The van der Waals surface area contributed by atoms with Crippen LogP contribution < -0.4 is 9.47 Å². The quantitative estimate of drug-likeness (QED) is 0.609. The Kier molecular flexibility index (Phi) is 5.11. The molecule has 0 spiro atoms. The molecule has 3 rings (SSSR count). The molecule has 0 saturated heterocycles. The first kappa shape index (κ1) is 16.5. The van der Waals surface area contributed by atoms with Gasteiger partial charge < -0.3 is 9.47 Å². The molecule has 1 aromatic rings. The number of hydrogen-bond acceptors (Lipinski definition) is 5. The Labute approximate surface area is 145 Å². The predicted octanol–water partition coefficient (Wildman–Crippen LogP) is 3.12. The van der Waals surface area contributed by atoms with Gasteiger partial charge in [-0.15, -0.1) is 6.42 Å². The fourth-order valence-electron chi connectivity index (χ4n) is 2.42. The summed E-state index contributed by atoms with van der Waals surface area (Å²) >= 11 is 1.41. The predicted molar refractivity (Wildman–Crippen MR) is 95.9 cm³/mol. The molecule has 0 aromatic heterocycles. The third kappa shape index (κ3) is 3.41. The summed E-state index contributed by atoms with van der Waals surface area (Å²) in [6.07, 6.45) is 9.04. The van der Waals surface area contributed by atoms with Crippen LogP contribution in [0.4, 0.5) is 0 Å². The summed E-state index contributed by atoms with van der Waals surface area (Å²) in [4.78, 5) is 18.8. The van der Waals surface area contributed by atoms with E-state index in [2.05, 4.69) is 17.8 Å². The second kappa shape index (κ2) is 7.45. The van der Waals surface area contributed by atoms with E-state index in [9.17, 15) is 4.79 Å². The second-order valence-electron chi connectivity index (χ2n) is 5.34. The van der Waals surface area contributed by atoms with Crippen LogP contribution >= 0.6 is 11.8 Å². The Morgan fingerprint density at radius 2 is 2.25 bits per heavy atom. The van der Waals surface area contributed by atoms with E-state index in [1.54, 1.807) is 11.0 Å². The number of terminal acetylenes is 1. The minimum Gasteiger partial charge on any atom is -0.454 e. The first-order chi connectivity index (χ1) is 11.7. The van der Waals surface area contributed by atoms with Gasteiger partial charge in [0.25, 0.3) is 5.91 Å². The Hall–Kier alpha value is -2.39. The summed E-state index contributed by atoms with van der Waals surface area (Å²) in [5.74, 6) is 4.38. The molecule has 0 fully saturated rings. The highest BCUT2D eigenvalue weighted by Gasteiger charge is 2.29. The molecule has 6 heteroatoms. The van der Waals surface area contributed by atoms with E-state index >= 15 is 0 Å². The number of aliphatic imine (C=N–C) groups is 1. The minimum atomic E-state index is -0.0827. The van der Waals surface area contributed by atoms with Gasteiger partial charge in [0.2, 0.25) is 6.79 Å². The zero-order valence-electron chi connectivity index (χ0n) is 13.4. The maximum atomic E-state index is 12.6. The fraction of sp³-hybridized carbons (Fsp3) is 0.333. The number of carbonyl (C=O) groups is 1. The Balaban J connectivity index is 1.85. The smallest absolute Gasteiger partial charge is 0.278 e. The van der Waals surface area contributed by atoms with Crippen LogP contribution in [0.15, 0.2) is 28.9 Å². The van der Waals surface area contributed by atoms with E-state index in [4.69, 9.17) is 15.9 Å². The Morgan fingerprint density at radius 3 is 3.04 bits per heavy atom. The van der Waals surface area contributed by atoms with Crippen molar-refractivity contribution in [3.63, 3.8) is 0 Å². The van der Waals surface area contributed by atoms with Crippen molar-refractivity contribution in [3.05, 3.63) is 29.5 Å². The third-order valence-electron chi connectivity index (χ3n) is 3.63. The van der Waals surface area contributed by atoms with Crippen molar-refractivity contribution < 1.29 is 14.3 Å². The van der Waals surface area contributed by atoms with E-state index in [1.165, 1.54) is 11.8 Å². The van der Waals surface area contributed by atoms with Crippen LogP contribution in [0.5, 0.6) is 11.5 Å². The first-order valence-corrected chi connectivity index (χ1v) is 8.79. The van der Waals surface area contributed by atoms with Gasteiger partial charge in [0.1, 0.15) is 5.70 Å². The number of carbonyl (C=O) groups excluding carboxylic acids is 1. The van der Waals surface area contributed by atoms with E-state index in [0.29, 0.717) is 34.7 Å². The van der Waals surface area contributed by atoms with E-state index in [0.717, 1.165) is 18.4 Å². The van der Waals surface area contributed by atoms with Gasteiger partial charge in [-0.1, -0.05) is 37.1 Å². The van der Waals surface area contributed by atoms with Crippen molar-refractivity contribution in [3.8, 4) is 23.8 Å². The SMILES string of the molecule is C#CCSC1=N/C(=C/c2ccc3c(c2)OCO3)C(=O)N1CCCC. The molecular weight excluding hydrogens is 324 g/mol. The maximum Gasteiger partial charge on any atom is 0.278 e. The average molecular weight is 342 g/mol. The highest BCUT2D eigenvalue weighted by molar-refractivity contribution is 8.14. The number of fused-ring (bicyclic) bond motifs is 1. The molecule has 2 aliphatic heterocycles. The van der Waals surface area contributed by atoms with Crippen LogP contribution in [-0.4, -0.2) is 35.1 Å². The molecule has 0 bridgehead atoms. The van der Waals surface area contributed by atoms with Gasteiger partial charge in [-0.25, -0.2) is 4.99 Å². The number of amidine groups is 1. The van der Waals surface area contributed by atoms with E-state index in [1.807, 2.05) is 18.2 Å². The molecule has 2 heterocycles. The number of hydrogen-bond donors (Lipinski definition) is 0. The van der Waals surface area contributed by atoms with Gasteiger partial charge in [0.05, 0.1) is 5.75 Å². The highest BCUT2D eigenvalue weighted by atomic mass is 32.2. The monoisotopic (exact) mass is 342 g/mol. The number of amides is 1. The van der Waals surface area contributed by atoms with Gasteiger partial charge >= 0.3 is 0 Å². The van der Waals surface area contributed by atoms with Crippen molar-refractivity contribution in [1.29, 1.82) is 0 Å². The summed E-state index contributed by atoms with van der Waals surface area (Å²) in [6, 6.07) is 5.56. The van der Waals surface area contributed by atoms with Crippen LogP contribution in [-0.2, 0) is 4.79 Å². The van der Waals surface area contributed by atoms with Crippen molar-refractivity contribution in [2.24, 2.45) is 4.99 Å². The molecule has 0 atom stereocenters. The summed E-state index contributed by atoms with van der Waals surface area (Å²) in [6.45, 7) is 2.98. The first-order valence-electron chi connectivity index (χ1n) is 7.81. The van der Waals surface area contributed by atoms with Gasteiger partial charge in [-0.05, 0) is 30.2 Å². The van der Waals surface area contributed by atoms with Crippen molar-refractivity contribution in [1.82, 2.24) is 4.90 Å². The molecule has 0 unspecified atom stereocenters. The van der Waals surface area contributed by atoms with Gasteiger partial charge in [-0.2, -0.15) is 0 Å². The summed E-state index contributed by atoms with van der Waals surface area (Å²) < 4.78 is 10.7. The number of thioether (sulfide) groups is 1. The zero-order valence-corrected chi connectivity index (χ0v) is 14.3. The topological polar surface area (TPSA) is 51.1 Å². The summed E-state index contributed by atoms with van der Waals surface area (Å²) in [5.41, 5.74) is 1.27. The molecule has 0 radical (unpaired) electrons. The lowest BCUT2D eigenvalue weighted by Crippen LogP contribution is -2.31. The molecule has 5 nitrogen and oxygen atoms in total. The van der Waals surface area contributed by atoms with E-state index < -0.39 is 0 Å². The molecule has 24 heavy (non-hydrogen) atoms. The molecule has 0 aliphatic carbocycles. The van der Waals surface area contributed by atoms with Gasteiger partial charge in [0, 0.05) is 6.54 Å². The fourth-order valence-corrected chi connectivity index (χ4v) is 3.13. The normalized spacial score (nSPS) is 17.3. The second-order valence-corrected chi connectivity index (χ2v) is 6.28. The zero-order chi connectivity index (χ0) is 16.9. The highest BCUT2D eigenvalue weighted by Crippen LogP contribution is 2.33. The molecule has 1 amide bonds. The summed E-state index contributed by atoms with van der Waals surface area (Å²) in [5, 5.41) is 0.679. The van der Waals surface area contributed by atoms with Gasteiger partial charge in [0.15, 0.2) is 16.7 Å². The van der Waals surface area contributed by atoms with Crippen LogP contribution in [0.2, 0.25) is 0 Å². The lowest BCUT2D eigenvalue weighted by atomic mass is 10.1. The lowest BCUT2D eigenvalue weighted by molar-refractivity contribution is -0.122. The van der Waals surface area contributed by atoms with Crippen LogP contribution in [0, 0.1) is 12.3 Å². The Morgan fingerprint density at radius 1 is 1.42 bits per heavy atom. The molecule has 124 valence electrons. The minimum absolute atomic E-state index is 0.0827. The van der Waals surface area contributed by atoms with Crippen LogP contribution in [0.3, 0.4) is 0 Å². The lowest BCUT2D eigenvalue weighted by Gasteiger charge is -2.16. The third-order valence-corrected chi connectivity index (χ3v) is 4.51. The average Bonchev–Trinajstić information content (AvgIpc) is 3.16. The van der Waals surface area contributed by atoms with Crippen LogP contribution in [0.1, 0.15) is 25.3 Å². The van der Waals surface area contributed by atoms with Crippen LogP contribution in [0.25, 0.3) is 6.08 Å². The van der Waals surface area contributed by atoms with E-state index in [-0.39, 0.29) is 12.7 Å². The largest absolute Gasteiger partial charge is 0.454 e. The van der Waals surface area contributed by atoms with Crippen molar-refractivity contribution in [2.75, 3.05) is 19.1 Å². The molecular formula is C18H18N2O3S. The van der Waals surface area contributed by atoms with Crippen molar-refractivity contribution >= 4 is 28.9 Å². The molecule has 2 aliphatic rings. The maximum absolute atomic E-state index is 12.6. The number of benzene rings is 1. The van der Waals surface area contributed by atoms with Gasteiger partial charge in [-0.3, -0.25) is 9.69 Å². The number of rotatable bonds is 5. The standard InChI is InChI=1S/C18H18N2O3S/c1-3-5-8-20-17(21)14(19-18(20)24-9-4-2)10-13-6-7-15-16(11-13)23-12-22-15/h2,6-7,10-11H,3,5,8-9,12H2,1H3/b14-10+. The number of nitrogens with zero attached hydrogens (tertiary/aromatic N) is 2. The van der Waals surface area contributed by atoms with Crippen molar-refractivity contribution in [2.45, 2.75) is 19.8 Å².